The van der Waals surface area contributed by atoms with Crippen molar-refractivity contribution in [2.24, 2.45) is 0 Å². The molecule has 572 valence electrons. The van der Waals surface area contributed by atoms with Crippen LogP contribution in [0.1, 0.15) is 348 Å². The van der Waals surface area contributed by atoms with Crippen LogP contribution < -0.4 is 4.89 Å². The maximum absolute atomic E-state index is 12.9. The third kappa shape index (κ3) is 82.6. The Morgan fingerprint density at radius 1 is 0.310 bits per heavy atom. The zero-order valence-electron chi connectivity index (χ0n) is 65.3. The molecule has 0 radical (unpaired) electrons. The third-order valence-electron chi connectivity index (χ3n) is 17.5. The maximum Gasteiger partial charge on any atom is 0.306 e. The molecule has 0 N–H and O–H groups in total. The molecule has 9 nitrogen and oxygen atoms in total. The number of allylic oxidation sites excluding steroid dienone is 26. The van der Waals surface area contributed by atoms with Crippen molar-refractivity contribution in [1.29, 1.82) is 0 Å². The fourth-order valence-corrected chi connectivity index (χ4v) is 12.1. The lowest BCUT2D eigenvalue weighted by atomic mass is 10.0. The van der Waals surface area contributed by atoms with E-state index in [1.807, 2.05) is 21.1 Å². The van der Waals surface area contributed by atoms with Crippen LogP contribution in [0.2, 0.25) is 0 Å². The van der Waals surface area contributed by atoms with Gasteiger partial charge in [-0.15, -0.1) is 0 Å². The highest BCUT2D eigenvalue weighted by Crippen LogP contribution is 2.38. The average Bonchev–Trinajstić information content (AvgIpc) is 1.07. The summed E-state index contributed by atoms with van der Waals surface area (Å²) in [5.41, 5.74) is 0. The lowest BCUT2D eigenvalue weighted by Crippen LogP contribution is -2.37. The molecule has 10 heteroatoms. The van der Waals surface area contributed by atoms with E-state index in [4.69, 9.17) is 18.5 Å². The number of unbranched alkanes of at least 4 members (excludes halogenated alkanes) is 35. The summed E-state index contributed by atoms with van der Waals surface area (Å²) in [4.78, 5) is 38.2. The van der Waals surface area contributed by atoms with E-state index < -0.39 is 26.5 Å². The first-order valence-corrected chi connectivity index (χ1v) is 42.7. The summed E-state index contributed by atoms with van der Waals surface area (Å²) in [6.07, 6.45) is 118. The van der Waals surface area contributed by atoms with Gasteiger partial charge >= 0.3 is 11.9 Å². The number of rotatable bonds is 75. The Balaban J connectivity index is 3.97. The van der Waals surface area contributed by atoms with E-state index in [0.29, 0.717) is 17.4 Å². The number of hydrogen-bond donors (Lipinski definition) is 0. The predicted octanol–water partition coefficient (Wildman–Crippen LogP) is 27.2. The second kappa shape index (κ2) is 78.8. The number of hydrogen-bond acceptors (Lipinski definition) is 8. The Kier molecular flexibility index (Phi) is 75.3. The second-order valence-electron chi connectivity index (χ2n) is 28.4. The Morgan fingerprint density at radius 2 is 0.540 bits per heavy atom. The molecule has 0 aliphatic rings. The zero-order chi connectivity index (χ0) is 72.5. The lowest BCUT2D eigenvalue weighted by Gasteiger charge is -2.28. The SMILES string of the molecule is CC/C=C\C/C=C\C/C=C\C/C=C\C/C=C\C/C=C\C/C=C\C/C=C\CCCCCCCCCCCCCCCCC(=O)OC(COC(=O)CCCCCCCCCCCCCCCCCCCCCCC/C=C\C/C=C\C/C=C\C/C=C\C/C=C\CC)COP(=O)([O-])OCC[N+](C)(C)C. The Bertz CT molecular complexity index is 2250. The van der Waals surface area contributed by atoms with Gasteiger partial charge in [0, 0.05) is 12.8 Å². The summed E-state index contributed by atoms with van der Waals surface area (Å²) in [5.74, 6) is -0.826. The molecular formula is C90H154NO8P. The average molecular weight is 1410 g/mol. The van der Waals surface area contributed by atoms with Crippen molar-refractivity contribution in [2.75, 3.05) is 47.5 Å². The summed E-state index contributed by atoms with van der Waals surface area (Å²) >= 11 is 0. The van der Waals surface area contributed by atoms with E-state index in [-0.39, 0.29) is 32.0 Å². The lowest BCUT2D eigenvalue weighted by molar-refractivity contribution is -0.870. The predicted molar refractivity (Wildman–Crippen MR) is 434 cm³/mol. The van der Waals surface area contributed by atoms with Crippen LogP contribution in [0.15, 0.2) is 158 Å². The Labute approximate surface area is 617 Å². The Morgan fingerprint density at radius 3 is 0.800 bits per heavy atom. The minimum Gasteiger partial charge on any atom is -0.756 e. The highest BCUT2D eigenvalue weighted by molar-refractivity contribution is 7.45. The van der Waals surface area contributed by atoms with E-state index in [2.05, 4.69) is 172 Å². The second-order valence-corrected chi connectivity index (χ2v) is 29.8. The van der Waals surface area contributed by atoms with E-state index in [9.17, 15) is 19.0 Å². The van der Waals surface area contributed by atoms with Crippen LogP contribution in [-0.2, 0) is 32.7 Å². The number of carbonyl (C=O) groups excluding carboxylic acids is 2. The van der Waals surface area contributed by atoms with E-state index in [1.165, 1.54) is 193 Å². The number of nitrogens with zero attached hydrogens (tertiary/aromatic N) is 1. The van der Waals surface area contributed by atoms with Crippen molar-refractivity contribution in [3.05, 3.63) is 158 Å². The largest absolute Gasteiger partial charge is 0.756 e. The summed E-state index contributed by atoms with van der Waals surface area (Å²) in [6, 6.07) is 0. The van der Waals surface area contributed by atoms with Gasteiger partial charge in [-0.25, -0.2) is 0 Å². The standard InChI is InChI=1S/C90H154NO8P/c1-6-8-10-12-14-16-18-20-22-24-26-28-30-32-34-36-38-40-42-44-45-47-49-51-53-55-57-59-61-63-65-67-69-71-73-75-77-79-81-83-90(93)99-88(87-98-100(94,95)97-85-84-91(3,4)5)86-96-89(92)82-80-78-76-74-72-70-68-66-64-62-60-58-56-54-52-50-48-46-43-41-39-37-35-33-31-29-27-25-23-21-19-17-15-13-11-9-7-2/h8-11,14-17,20-23,26-29,32-35,38,40,44-45,49,51,88H,6-7,12-13,18-19,24-25,30-31,36-37,39,41-43,46-48,50,52-87H2,1-5H3/b10-8-,11-9-,16-14-,17-15-,22-20-,23-21-,28-26-,29-27-,34-32-,35-33-,40-38-,45-44-,51-49-. The van der Waals surface area contributed by atoms with Gasteiger partial charge in [-0.2, -0.15) is 0 Å². The minimum atomic E-state index is -4.65. The van der Waals surface area contributed by atoms with Crippen molar-refractivity contribution in [1.82, 2.24) is 0 Å². The number of esters is 2. The smallest absolute Gasteiger partial charge is 0.306 e. The van der Waals surface area contributed by atoms with Gasteiger partial charge in [-0.1, -0.05) is 371 Å². The highest BCUT2D eigenvalue weighted by Gasteiger charge is 2.22. The van der Waals surface area contributed by atoms with Crippen LogP contribution in [0.3, 0.4) is 0 Å². The monoisotopic (exact) mass is 1410 g/mol. The van der Waals surface area contributed by atoms with E-state index >= 15 is 0 Å². The van der Waals surface area contributed by atoms with Crippen molar-refractivity contribution in [2.45, 2.75) is 354 Å². The molecule has 0 aromatic heterocycles. The number of quaternary nitrogens is 1. The molecule has 0 fully saturated rings. The number of phosphoric acid groups is 1. The number of carbonyl (C=O) groups is 2. The fraction of sp³-hybridized carbons (Fsp3) is 0.689. The van der Waals surface area contributed by atoms with Gasteiger partial charge in [0.05, 0.1) is 27.7 Å². The highest BCUT2D eigenvalue weighted by atomic mass is 31.2. The molecule has 0 saturated heterocycles. The van der Waals surface area contributed by atoms with Gasteiger partial charge in [0.15, 0.2) is 6.10 Å². The normalized spacial score (nSPS) is 13.9. The first kappa shape index (κ1) is 95.6. The summed E-state index contributed by atoms with van der Waals surface area (Å²) in [5, 5.41) is 0. The third-order valence-corrected chi connectivity index (χ3v) is 18.5. The first-order valence-electron chi connectivity index (χ1n) is 41.2. The summed E-state index contributed by atoms with van der Waals surface area (Å²) < 4.78 is 34.4. The quantitative estimate of drug-likeness (QED) is 0.0195. The molecule has 0 bridgehead atoms. The van der Waals surface area contributed by atoms with Crippen molar-refractivity contribution >= 4 is 19.8 Å². The van der Waals surface area contributed by atoms with Gasteiger partial charge in [0.1, 0.15) is 19.8 Å². The zero-order valence-corrected chi connectivity index (χ0v) is 66.2. The molecular weight excluding hydrogens is 1250 g/mol. The molecule has 0 spiro atoms. The Hall–Kier alpha value is -4.37. The molecule has 0 heterocycles. The minimum absolute atomic E-state index is 0.0348. The molecule has 0 aliphatic carbocycles. The molecule has 0 aromatic rings. The number of phosphoric ester groups is 1. The molecule has 0 saturated carbocycles. The van der Waals surface area contributed by atoms with Crippen LogP contribution in [0.4, 0.5) is 0 Å². The van der Waals surface area contributed by atoms with Crippen molar-refractivity contribution in [3.8, 4) is 0 Å². The first-order chi connectivity index (χ1) is 49.0. The van der Waals surface area contributed by atoms with Crippen LogP contribution in [0.25, 0.3) is 0 Å². The molecule has 0 amide bonds. The van der Waals surface area contributed by atoms with Gasteiger partial charge in [-0.05, 0) is 122 Å². The van der Waals surface area contributed by atoms with Crippen LogP contribution in [0, 0.1) is 0 Å². The molecule has 2 atom stereocenters. The van der Waals surface area contributed by atoms with E-state index in [0.717, 1.165) is 122 Å². The fourth-order valence-electron chi connectivity index (χ4n) is 11.4. The van der Waals surface area contributed by atoms with Gasteiger partial charge in [0.25, 0.3) is 7.82 Å². The van der Waals surface area contributed by atoms with E-state index in [1.54, 1.807) is 0 Å². The van der Waals surface area contributed by atoms with Crippen LogP contribution in [0.5, 0.6) is 0 Å². The van der Waals surface area contributed by atoms with Gasteiger partial charge < -0.3 is 27.9 Å². The van der Waals surface area contributed by atoms with Crippen LogP contribution >= 0.6 is 7.82 Å². The number of likely N-dealkylation sites (N-methyl/N-ethyl adjacent to an activating group) is 1. The molecule has 0 aromatic carbocycles. The molecule has 100 heavy (non-hydrogen) atoms. The number of ether oxygens (including phenoxy) is 2. The van der Waals surface area contributed by atoms with Crippen molar-refractivity contribution < 1.29 is 42.1 Å². The topological polar surface area (TPSA) is 111 Å². The maximum atomic E-state index is 12.9. The van der Waals surface area contributed by atoms with Crippen LogP contribution in [-0.4, -0.2) is 70.0 Å². The summed E-state index contributed by atoms with van der Waals surface area (Å²) in [6.45, 7) is 4.04. The summed E-state index contributed by atoms with van der Waals surface area (Å²) in [7, 11) is 1.17. The van der Waals surface area contributed by atoms with Crippen molar-refractivity contribution in [3.63, 3.8) is 0 Å². The van der Waals surface area contributed by atoms with Gasteiger partial charge in [0.2, 0.25) is 0 Å². The molecule has 2 unspecified atom stereocenters. The molecule has 0 rings (SSSR count). The molecule has 0 aliphatic heterocycles. The van der Waals surface area contributed by atoms with Gasteiger partial charge in [-0.3, -0.25) is 14.2 Å².